The maximum atomic E-state index is 12.6. The van der Waals surface area contributed by atoms with Crippen LogP contribution in [0.1, 0.15) is 143 Å². The average Bonchev–Trinajstić information content (AvgIpc) is 3.61. The zero-order valence-corrected chi connectivity index (χ0v) is 28.6. The van der Waals surface area contributed by atoms with Gasteiger partial charge in [0.15, 0.2) is 0 Å². The molecular formula is C38H64N2O4. The summed E-state index contributed by atoms with van der Waals surface area (Å²) in [7, 11) is 0. The lowest BCUT2D eigenvalue weighted by Crippen LogP contribution is -2.50. The number of aliphatic hydroxyl groups excluding tert-OH is 1. The van der Waals surface area contributed by atoms with Gasteiger partial charge in [0.05, 0.1) is 12.6 Å². The van der Waals surface area contributed by atoms with Crippen LogP contribution in [0.5, 0.6) is 0 Å². The number of likely N-dealkylation sites (tertiary alicyclic amines) is 1. The van der Waals surface area contributed by atoms with E-state index in [0.29, 0.717) is 18.4 Å². The summed E-state index contributed by atoms with van der Waals surface area (Å²) in [6.45, 7) is 11.4. The number of hydrogen-bond donors (Lipinski definition) is 2. The molecule has 0 spiro atoms. The fourth-order valence-electron chi connectivity index (χ4n) is 10.7. The van der Waals surface area contributed by atoms with E-state index in [-0.39, 0.29) is 36.2 Å². The Balaban J connectivity index is 1.03. The Labute approximate surface area is 268 Å². The first-order valence-electron chi connectivity index (χ1n) is 18.7. The van der Waals surface area contributed by atoms with Gasteiger partial charge in [0.2, 0.25) is 5.91 Å². The highest BCUT2D eigenvalue weighted by molar-refractivity contribution is 5.76. The number of carbonyl (C=O) groups excluding carboxylic acids is 2. The SMILES string of the molecule is CC(C)CCCCC1CCC2C3CC=C4CC(OC(=O)NCCCCCC(=O)N5CCC[C@H]5CO)CCC4(C)C3CCC12C. The number of rotatable bonds is 13. The molecule has 1 heterocycles. The summed E-state index contributed by atoms with van der Waals surface area (Å²) in [6, 6.07) is 0.00931. The molecule has 0 aromatic rings. The van der Waals surface area contributed by atoms with E-state index in [4.69, 9.17) is 4.74 Å². The van der Waals surface area contributed by atoms with Crippen LogP contribution in [0.3, 0.4) is 0 Å². The van der Waals surface area contributed by atoms with Gasteiger partial charge < -0.3 is 20.1 Å². The lowest BCUT2D eigenvalue weighted by Gasteiger charge is -2.58. The zero-order chi connectivity index (χ0) is 31.3. The summed E-state index contributed by atoms with van der Waals surface area (Å²) >= 11 is 0. The fourth-order valence-corrected chi connectivity index (χ4v) is 10.7. The lowest BCUT2D eigenvalue weighted by molar-refractivity contribution is -0.132. The number of carbonyl (C=O) groups is 2. The monoisotopic (exact) mass is 612 g/mol. The number of hydrogen-bond acceptors (Lipinski definition) is 4. The number of alkyl carbamates (subject to hydrolysis) is 1. The van der Waals surface area contributed by atoms with Crippen LogP contribution >= 0.6 is 0 Å². The van der Waals surface area contributed by atoms with Crippen LogP contribution in [0, 0.1) is 40.4 Å². The standard InChI is InChI=1S/C38H64N2O4/c1-27(2)11-7-8-12-28-16-18-33-32-17-15-29-25-31(19-21-38(29,4)34(32)20-22-37(28,33)3)44-36(43)39-23-9-5-6-14-35(42)40-24-10-13-30(40)26-41/h15,27-28,30-34,41H,5-14,16-26H2,1-4H3,(H,39,43)/t28?,30-,31?,32?,33?,34?,37?,38?/m0/s1. The maximum Gasteiger partial charge on any atom is 0.407 e. The average molecular weight is 613 g/mol. The number of nitrogens with one attached hydrogen (secondary N) is 1. The van der Waals surface area contributed by atoms with E-state index in [1.807, 2.05) is 4.90 Å². The number of ether oxygens (including phenoxy) is 1. The molecule has 8 atom stereocenters. The third-order valence-electron chi connectivity index (χ3n) is 13.4. The Morgan fingerprint density at radius 1 is 1.02 bits per heavy atom. The molecule has 0 aromatic heterocycles. The van der Waals surface area contributed by atoms with Gasteiger partial charge in [-0.1, -0.05) is 65.0 Å². The van der Waals surface area contributed by atoms with Crippen LogP contribution in [0.2, 0.25) is 0 Å². The highest BCUT2D eigenvalue weighted by Gasteiger charge is 2.58. The first kappa shape index (κ1) is 33.8. The van der Waals surface area contributed by atoms with Gasteiger partial charge in [-0.05, 0) is 117 Å². The maximum absolute atomic E-state index is 12.6. The smallest absolute Gasteiger partial charge is 0.407 e. The second-order valence-corrected chi connectivity index (χ2v) is 16.3. The minimum atomic E-state index is -0.286. The minimum absolute atomic E-state index is 0.00931. The van der Waals surface area contributed by atoms with Crippen LogP contribution in [-0.2, 0) is 9.53 Å². The topological polar surface area (TPSA) is 78.9 Å². The van der Waals surface area contributed by atoms with Gasteiger partial charge in [-0.2, -0.15) is 0 Å². The van der Waals surface area contributed by atoms with E-state index < -0.39 is 0 Å². The van der Waals surface area contributed by atoms with Crippen molar-refractivity contribution in [1.82, 2.24) is 10.2 Å². The van der Waals surface area contributed by atoms with Crippen molar-refractivity contribution < 1.29 is 19.4 Å². The van der Waals surface area contributed by atoms with Gasteiger partial charge in [-0.15, -0.1) is 0 Å². The van der Waals surface area contributed by atoms with Crippen molar-refractivity contribution in [2.75, 3.05) is 19.7 Å². The Morgan fingerprint density at radius 2 is 1.86 bits per heavy atom. The number of fused-ring (bicyclic) bond motifs is 5. The molecule has 7 unspecified atom stereocenters. The third-order valence-corrected chi connectivity index (χ3v) is 13.4. The van der Waals surface area contributed by atoms with Crippen molar-refractivity contribution >= 4 is 12.0 Å². The molecule has 4 fully saturated rings. The van der Waals surface area contributed by atoms with E-state index in [9.17, 15) is 14.7 Å². The van der Waals surface area contributed by atoms with Gasteiger partial charge in [0, 0.05) is 25.9 Å². The van der Waals surface area contributed by atoms with Crippen LogP contribution in [-0.4, -0.2) is 53.8 Å². The van der Waals surface area contributed by atoms with Gasteiger partial charge in [-0.3, -0.25) is 4.79 Å². The Hall–Kier alpha value is -1.56. The van der Waals surface area contributed by atoms with Crippen molar-refractivity contribution in [3.8, 4) is 0 Å². The van der Waals surface area contributed by atoms with Crippen LogP contribution in [0.15, 0.2) is 11.6 Å². The van der Waals surface area contributed by atoms with Gasteiger partial charge in [0.1, 0.15) is 6.10 Å². The second-order valence-electron chi connectivity index (χ2n) is 16.3. The molecule has 5 aliphatic rings. The molecule has 0 bridgehead atoms. The summed E-state index contributed by atoms with van der Waals surface area (Å²) in [5.74, 6) is 4.44. The summed E-state index contributed by atoms with van der Waals surface area (Å²) in [6.07, 6.45) is 22.9. The minimum Gasteiger partial charge on any atom is -0.446 e. The Kier molecular flexibility index (Phi) is 11.4. The Morgan fingerprint density at radius 3 is 2.66 bits per heavy atom. The molecule has 5 rings (SSSR count). The molecule has 3 saturated carbocycles. The van der Waals surface area contributed by atoms with Gasteiger partial charge in [-0.25, -0.2) is 4.79 Å². The molecule has 6 heteroatoms. The zero-order valence-electron chi connectivity index (χ0n) is 28.6. The van der Waals surface area contributed by atoms with Crippen molar-refractivity contribution in [2.24, 2.45) is 40.4 Å². The molecule has 1 aliphatic heterocycles. The third kappa shape index (κ3) is 7.36. The first-order valence-corrected chi connectivity index (χ1v) is 18.7. The van der Waals surface area contributed by atoms with Gasteiger partial charge >= 0.3 is 6.09 Å². The summed E-state index contributed by atoms with van der Waals surface area (Å²) in [4.78, 5) is 26.9. The molecule has 1 saturated heterocycles. The molecule has 2 amide bonds. The number of aliphatic hydroxyl groups is 1. The van der Waals surface area contributed by atoms with E-state index in [1.54, 1.807) is 5.57 Å². The molecule has 4 aliphatic carbocycles. The molecule has 250 valence electrons. The van der Waals surface area contributed by atoms with E-state index >= 15 is 0 Å². The van der Waals surface area contributed by atoms with Gasteiger partial charge in [0.25, 0.3) is 0 Å². The largest absolute Gasteiger partial charge is 0.446 e. The molecule has 0 aromatic carbocycles. The highest BCUT2D eigenvalue weighted by atomic mass is 16.6. The van der Waals surface area contributed by atoms with Crippen LogP contribution in [0.4, 0.5) is 4.79 Å². The van der Waals surface area contributed by atoms with Crippen molar-refractivity contribution in [2.45, 2.75) is 155 Å². The number of amides is 2. The van der Waals surface area contributed by atoms with E-state index in [2.05, 4.69) is 39.1 Å². The van der Waals surface area contributed by atoms with Crippen molar-refractivity contribution in [1.29, 1.82) is 0 Å². The second kappa shape index (κ2) is 14.9. The van der Waals surface area contributed by atoms with E-state index in [1.165, 1.54) is 57.8 Å². The number of allylic oxidation sites excluding steroid dienone is 1. The quantitative estimate of drug-likeness (QED) is 0.162. The summed E-state index contributed by atoms with van der Waals surface area (Å²) in [5.41, 5.74) is 2.39. The summed E-state index contributed by atoms with van der Waals surface area (Å²) < 4.78 is 5.94. The number of nitrogens with zero attached hydrogens (tertiary/aromatic N) is 1. The first-order chi connectivity index (χ1) is 21.2. The molecule has 0 radical (unpaired) electrons. The normalized spacial score (nSPS) is 36.4. The molecule has 2 N–H and O–H groups in total. The van der Waals surface area contributed by atoms with Crippen LogP contribution < -0.4 is 5.32 Å². The van der Waals surface area contributed by atoms with Crippen molar-refractivity contribution in [3.05, 3.63) is 11.6 Å². The molecule has 6 nitrogen and oxygen atoms in total. The fraction of sp³-hybridized carbons (Fsp3) is 0.895. The molecule has 44 heavy (non-hydrogen) atoms. The predicted octanol–water partition coefficient (Wildman–Crippen LogP) is 8.42. The lowest BCUT2D eigenvalue weighted by atomic mass is 9.47. The van der Waals surface area contributed by atoms with E-state index in [0.717, 1.165) is 87.5 Å². The summed E-state index contributed by atoms with van der Waals surface area (Å²) in [5, 5.41) is 12.4. The predicted molar refractivity (Wildman–Crippen MR) is 177 cm³/mol. The van der Waals surface area contributed by atoms with Crippen molar-refractivity contribution in [3.63, 3.8) is 0 Å². The number of unbranched alkanes of at least 4 members (excludes halogenated alkanes) is 3. The van der Waals surface area contributed by atoms with Crippen LogP contribution in [0.25, 0.3) is 0 Å². The molecular weight excluding hydrogens is 548 g/mol. The Bertz CT molecular complexity index is 1010. The highest BCUT2D eigenvalue weighted by Crippen LogP contribution is 2.66.